The van der Waals surface area contributed by atoms with Gasteiger partial charge in [0, 0.05) is 5.56 Å². The molecule has 1 heteroatoms. The highest BCUT2D eigenvalue weighted by Crippen LogP contribution is 2.25. The Balaban J connectivity index is 2.36. The SMILES string of the molecule is C=CC(=O)c1ccc(C(C)=C(C)c2ccccc2)cc1. The van der Waals surface area contributed by atoms with Crippen LogP contribution >= 0.6 is 0 Å². The van der Waals surface area contributed by atoms with Crippen molar-refractivity contribution in [1.29, 1.82) is 0 Å². The molecular weight excluding hydrogens is 244 g/mol. The Bertz CT molecular complexity index is 646. The van der Waals surface area contributed by atoms with Gasteiger partial charge in [-0.15, -0.1) is 0 Å². The van der Waals surface area contributed by atoms with Crippen LogP contribution in [-0.2, 0) is 0 Å². The van der Waals surface area contributed by atoms with Gasteiger partial charge in [0.25, 0.3) is 0 Å². The lowest BCUT2D eigenvalue weighted by molar-refractivity contribution is 0.104. The first-order valence-electron chi connectivity index (χ1n) is 6.63. The van der Waals surface area contributed by atoms with Crippen LogP contribution < -0.4 is 0 Å². The van der Waals surface area contributed by atoms with Gasteiger partial charge < -0.3 is 0 Å². The number of hydrogen-bond acceptors (Lipinski definition) is 1. The molecule has 2 rings (SSSR count). The second kappa shape index (κ2) is 6.16. The molecule has 0 amide bonds. The summed E-state index contributed by atoms with van der Waals surface area (Å²) >= 11 is 0. The number of hydrogen-bond donors (Lipinski definition) is 0. The number of carbonyl (C=O) groups excluding carboxylic acids is 1. The highest BCUT2D eigenvalue weighted by atomic mass is 16.1. The number of carbonyl (C=O) groups is 1. The molecule has 0 N–H and O–H groups in total. The fraction of sp³-hybridized carbons (Fsp3) is 0.105. The first-order chi connectivity index (χ1) is 9.63. The average Bonchev–Trinajstić information content (AvgIpc) is 2.53. The molecule has 0 unspecified atom stereocenters. The normalized spacial score (nSPS) is 11.7. The van der Waals surface area contributed by atoms with Crippen molar-refractivity contribution in [2.24, 2.45) is 0 Å². The molecule has 0 aliphatic carbocycles. The van der Waals surface area contributed by atoms with Gasteiger partial charge in [-0.1, -0.05) is 61.2 Å². The van der Waals surface area contributed by atoms with Crippen molar-refractivity contribution < 1.29 is 4.79 Å². The predicted octanol–water partition coefficient (Wildman–Crippen LogP) is 5.01. The van der Waals surface area contributed by atoms with Gasteiger partial charge in [-0.3, -0.25) is 4.79 Å². The van der Waals surface area contributed by atoms with Crippen LogP contribution in [0.1, 0.15) is 35.3 Å². The van der Waals surface area contributed by atoms with E-state index in [1.54, 1.807) is 0 Å². The van der Waals surface area contributed by atoms with E-state index in [4.69, 9.17) is 0 Å². The first-order valence-corrected chi connectivity index (χ1v) is 6.63. The largest absolute Gasteiger partial charge is 0.289 e. The quantitative estimate of drug-likeness (QED) is 0.430. The lowest BCUT2D eigenvalue weighted by atomic mass is 9.96. The fourth-order valence-electron chi connectivity index (χ4n) is 2.12. The van der Waals surface area contributed by atoms with E-state index >= 15 is 0 Å². The second-order valence-electron chi connectivity index (χ2n) is 4.76. The Morgan fingerprint density at radius 2 is 1.25 bits per heavy atom. The van der Waals surface area contributed by atoms with Crippen molar-refractivity contribution in [3.05, 3.63) is 83.9 Å². The summed E-state index contributed by atoms with van der Waals surface area (Å²) in [6.07, 6.45) is 1.34. The minimum absolute atomic E-state index is 0.0436. The Labute approximate surface area is 120 Å². The maximum absolute atomic E-state index is 11.5. The van der Waals surface area contributed by atoms with Crippen molar-refractivity contribution in [1.82, 2.24) is 0 Å². The first kappa shape index (κ1) is 14.0. The third-order valence-corrected chi connectivity index (χ3v) is 3.56. The van der Waals surface area contributed by atoms with Gasteiger partial charge >= 0.3 is 0 Å². The van der Waals surface area contributed by atoms with Gasteiger partial charge in [0.2, 0.25) is 0 Å². The van der Waals surface area contributed by atoms with E-state index in [1.807, 2.05) is 42.5 Å². The zero-order valence-electron chi connectivity index (χ0n) is 11.9. The van der Waals surface area contributed by atoms with Gasteiger partial charge in [-0.05, 0) is 42.2 Å². The molecule has 0 aliphatic rings. The number of allylic oxidation sites excluding steroid dienone is 3. The summed E-state index contributed by atoms with van der Waals surface area (Å²) in [5.41, 5.74) is 5.49. The molecule has 0 aliphatic heterocycles. The third-order valence-electron chi connectivity index (χ3n) is 3.56. The Hall–Kier alpha value is -2.41. The van der Waals surface area contributed by atoms with Crippen LogP contribution in [0.3, 0.4) is 0 Å². The van der Waals surface area contributed by atoms with Crippen LogP contribution in [0.25, 0.3) is 11.1 Å². The smallest absolute Gasteiger partial charge is 0.185 e. The summed E-state index contributed by atoms with van der Waals surface area (Å²) in [6, 6.07) is 18.0. The topological polar surface area (TPSA) is 17.1 Å². The van der Waals surface area contributed by atoms with Gasteiger partial charge in [-0.25, -0.2) is 0 Å². The van der Waals surface area contributed by atoms with Gasteiger partial charge in [0.1, 0.15) is 0 Å². The molecule has 0 fully saturated rings. The van der Waals surface area contributed by atoms with Gasteiger partial charge in [0.05, 0.1) is 0 Å². The molecule has 0 saturated heterocycles. The van der Waals surface area contributed by atoms with Crippen molar-refractivity contribution >= 4 is 16.9 Å². The van der Waals surface area contributed by atoms with E-state index in [-0.39, 0.29) is 5.78 Å². The van der Waals surface area contributed by atoms with Gasteiger partial charge in [-0.2, -0.15) is 0 Å². The summed E-state index contributed by atoms with van der Waals surface area (Å²) in [6.45, 7) is 7.73. The van der Waals surface area contributed by atoms with Crippen LogP contribution in [-0.4, -0.2) is 5.78 Å². The number of ketones is 1. The maximum Gasteiger partial charge on any atom is 0.185 e. The molecule has 2 aromatic rings. The number of rotatable bonds is 4. The van der Waals surface area contributed by atoms with Crippen LogP contribution in [0.15, 0.2) is 67.3 Å². The zero-order chi connectivity index (χ0) is 14.5. The number of benzene rings is 2. The zero-order valence-corrected chi connectivity index (χ0v) is 11.9. The highest BCUT2D eigenvalue weighted by molar-refractivity contribution is 6.04. The lowest BCUT2D eigenvalue weighted by Gasteiger charge is -2.09. The van der Waals surface area contributed by atoms with Gasteiger partial charge in [0.15, 0.2) is 5.78 Å². The maximum atomic E-state index is 11.5. The Kier molecular flexibility index (Phi) is 4.31. The highest BCUT2D eigenvalue weighted by Gasteiger charge is 2.05. The molecule has 0 saturated carbocycles. The van der Waals surface area contributed by atoms with Crippen LogP contribution in [0.5, 0.6) is 0 Å². The summed E-state index contributed by atoms with van der Waals surface area (Å²) < 4.78 is 0. The minimum Gasteiger partial charge on any atom is -0.289 e. The molecule has 100 valence electrons. The monoisotopic (exact) mass is 262 g/mol. The van der Waals surface area contributed by atoms with Crippen molar-refractivity contribution in [2.45, 2.75) is 13.8 Å². The van der Waals surface area contributed by atoms with Crippen LogP contribution in [0.4, 0.5) is 0 Å². The van der Waals surface area contributed by atoms with E-state index in [1.165, 1.54) is 22.8 Å². The second-order valence-corrected chi connectivity index (χ2v) is 4.76. The van der Waals surface area contributed by atoms with E-state index in [0.717, 1.165) is 5.56 Å². The van der Waals surface area contributed by atoms with E-state index in [0.29, 0.717) is 5.56 Å². The van der Waals surface area contributed by atoms with Crippen LogP contribution in [0, 0.1) is 0 Å². The Morgan fingerprint density at radius 3 is 1.75 bits per heavy atom. The summed E-state index contributed by atoms with van der Waals surface area (Å²) in [7, 11) is 0. The fourth-order valence-corrected chi connectivity index (χ4v) is 2.12. The van der Waals surface area contributed by atoms with Crippen molar-refractivity contribution in [3.63, 3.8) is 0 Å². The minimum atomic E-state index is -0.0436. The molecule has 0 atom stereocenters. The molecule has 0 bridgehead atoms. The summed E-state index contributed by atoms with van der Waals surface area (Å²) in [4.78, 5) is 11.5. The van der Waals surface area contributed by atoms with Crippen molar-refractivity contribution in [2.75, 3.05) is 0 Å². The molecule has 0 heterocycles. The van der Waals surface area contributed by atoms with E-state index in [2.05, 4.69) is 32.6 Å². The molecule has 0 aromatic heterocycles. The average molecular weight is 262 g/mol. The molecule has 1 nitrogen and oxygen atoms in total. The Morgan fingerprint density at radius 1 is 0.800 bits per heavy atom. The molecule has 2 aromatic carbocycles. The summed E-state index contributed by atoms with van der Waals surface area (Å²) in [5, 5.41) is 0. The standard InChI is InChI=1S/C19H18O/c1-4-19(20)18-12-10-17(11-13-18)15(3)14(2)16-8-6-5-7-9-16/h4-13H,1H2,2-3H3. The molecule has 20 heavy (non-hydrogen) atoms. The molecular formula is C19H18O. The third kappa shape index (κ3) is 2.94. The molecule has 0 radical (unpaired) electrons. The van der Waals surface area contributed by atoms with E-state index in [9.17, 15) is 4.79 Å². The summed E-state index contributed by atoms with van der Waals surface area (Å²) in [5.74, 6) is -0.0436. The molecule has 0 spiro atoms. The lowest BCUT2D eigenvalue weighted by Crippen LogP contribution is -1.94. The predicted molar refractivity (Wildman–Crippen MR) is 85.6 cm³/mol. The van der Waals surface area contributed by atoms with E-state index < -0.39 is 0 Å². The van der Waals surface area contributed by atoms with Crippen molar-refractivity contribution in [3.8, 4) is 0 Å². The van der Waals surface area contributed by atoms with Crippen LogP contribution in [0.2, 0.25) is 0 Å².